The van der Waals surface area contributed by atoms with E-state index >= 15 is 0 Å². The van der Waals surface area contributed by atoms with Gasteiger partial charge in [0.1, 0.15) is 0 Å². The summed E-state index contributed by atoms with van der Waals surface area (Å²) >= 11 is 0. The highest BCUT2D eigenvalue weighted by molar-refractivity contribution is 5.74. The van der Waals surface area contributed by atoms with Crippen LogP contribution in [0.2, 0.25) is 0 Å². The average molecular weight is 139 g/mol. The molecule has 10 heavy (non-hydrogen) atoms. The van der Waals surface area contributed by atoms with Crippen LogP contribution < -0.4 is 0 Å². The molecule has 0 saturated carbocycles. The summed E-state index contributed by atoms with van der Waals surface area (Å²) in [5, 5.41) is 0. The van der Waals surface area contributed by atoms with Gasteiger partial charge < -0.3 is 0 Å². The number of carbonyl (C=O) groups excluding carboxylic acids is 1. The Morgan fingerprint density at radius 3 is 2.90 bits per heavy atom. The van der Waals surface area contributed by atoms with Crippen LogP contribution in [0.5, 0.6) is 0 Å². The predicted octanol–water partition coefficient (Wildman–Crippen LogP) is 1.34. The number of halogens is 1. The molecule has 1 heterocycles. The maximum absolute atomic E-state index is 12.4. The lowest BCUT2D eigenvalue weighted by Gasteiger charge is -1.93. The van der Waals surface area contributed by atoms with Gasteiger partial charge in [0.2, 0.25) is 5.95 Å². The van der Waals surface area contributed by atoms with E-state index in [-0.39, 0.29) is 0 Å². The molecule has 0 spiro atoms. The number of aromatic nitrogens is 1. The monoisotopic (exact) mass is 139 g/mol. The van der Waals surface area contributed by atoms with Crippen LogP contribution in [0.1, 0.15) is 15.9 Å². The third kappa shape index (κ3) is 1.18. The standard InChI is InChI=1S/C7H6FNO/c1-5-2-6(4-10)3-9-7(5)8/h2-4H,1H3. The van der Waals surface area contributed by atoms with Gasteiger partial charge in [0, 0.05) is 17.3 Å². The summed E-state index contributed by atoms with van der Waals surface area (Å²) in [6, 6.07) is 1.45. The molecule has 52 valence electrons. The number of rotatable bonds is 1. The minimum Gasteiger partial charge on any atom is -0.298 e. The maximum Gasteiger partial charge on any atom is 0.215 e. The molecule has 2 nitrogen and oxygen atoms in total. The molecule has 0 saturated heterocycles. The van der Waals surface area contributed by atoms with Crippen molar-refractivity contribution in [3.8, 4) is 0 Å². The largest absolute Gasteiger partial charge is 0.298 e. The van der Waals surface area contributed by atoms with Crippen molar-refractivity contribution in [3.05, 3.63) is 29.3 Å². The van der Waals surface area contributed by atoms with Crippen molar-refractivity contribution in [2.24, 2.45) is 0 Å². The van der Waals surface area contributed by atoms with Gasteiger partial charge in [0.15, 0.2) is 6.29 Å². The Hall–Kier alpha value is -1.25. The van der Waals surface area contributed by atoms with Gasteiger partial charge in [0.25, 0.3) is 0 Å². The Morgan fingerprint density at radius 2 is 2.40 bits per heavy atom. The summed E-state index contributed by atoms with van der Waals surface area (Å²) in [5.74, 6) is -0.523. The van der Waals surface area contributed by atoms with E-state index < -0.39 is 5.95 Å². The van der Waals surface area contributed by atoms with Gasteiger partial charge in [-0.05, 0) is 13.0 Å². The van der Waals surface area contributed by atoms with Gasteiger partial charge in [0.05, 0.1) is 0 Å². The van der Waals surface area contributed by atoms with Crippen LogP contribution in [0.15, 0.2) is 12.3 Å². The molecule has 0 N–H and O–H groups in total. The second-order valence-corrected chi connectivity index (χ2v) is 1.99. The second kappa shape index (κ2) is 2.56. The van der Waals surface area contributed by atoms with E-state index in [4.69, 9.17) is 0 Å². The van der Waals surface area contributed by atoms with E-state index in [9.17, 15) is 9.18 Å². The first-order chi connectivity index (χ1) is 4.74. The average Bonchev–Trinajstić information content (AvgIpc) is 1.95. The van der Waals surface area contributed by atoms with Crippen molar-refractivity contribution in [1.29, 1.82) is 0 Å². The lowest BCUT2D eigenvalue weighted by atomic mass is 10.2. The number of nitrogens with zero attached hydrogens (tertiary/aromatic N) is 1. The van der Waals surface area contributed by atoms with Gasteiger partial charge in [-0.1, -0.05) is 0 Å². The third-order valence-corrected chi connectivity index (χ3v) is 1.17. The van der Waals surface area contributed by atoms with E-state index in [0.717, 1.165) is 0 Å². The molecule has 0 aliphatic carbocycles. The van der Waals surface area contributed by atoms with E-state index in [1.54, 1.807) is 6.92 Å². The molecule has 0 aliphatic rings. The number of hydrogen-bond acceptors (Lipinski definition) is 2. The predicted molar refractivity (Wildman–Crippen MR) is 34.3 cm³/mol. The first-order valence-electron chi connectivity index (χ1n) is 2.81. The lowest BCUT2D eigenvalue weighted by molar-refractivity contribution is 0.112. The minimum absolute atomic E-state index is 0.393. The third-order valence-electron chi connectivity index (χ3n) is 1.17. The fourth-order valence-corrected chi connectivity index (χ4v) is 0.644. The number of hydrogen-bond donors (Lipinski definition) is 0. The van der Waals surface area contributed by atoms with Gasteiger partial charge in [-0.15, -0.1) is 0 Å². The Morgan fingerprint density at radius 1 is 1.70 bits per heavy atom. The zero-order valence-electron chi connectivity index (χ0n) is 5.47. The quantitative estimate of drug-likeness (QED) is 0.434. The molecular formula is C7H6FNO. The zero-order chi connectivity index (χ0) is 7.56. The maximum atomic E-state index is 12.4. The highest BCUT2D eigenvalue weighted by Gasteiger charge is 1.97. The Bertz CT molecular complexity index is 260. The Kier molecular flexibility index (Phi) is 1.76. The summed E-state index contributed by atoms with van der Waals surface area (Å²) < 4.78 is 12.4. The van der Waals surface area contributed by atoms with Crippen LogP contribution in [0.4, 0.5) is 4.39 Å². The van der Waals surface area contributed by atoms with E-state index in [1.165, 1.54) is 12.3 Å². The summed E-state index contributed by atoms with van der Waals surface area (Å²) in [7, 11) is 0. The van der Waals surface area contributed by atoms with Crippen molar-refractivity contribution < 1.29 is 9.18 Å². The molecule has 0 fully saturated rings. The van der Waals surface area contributed by atoms with Crippen molar-refractivity contribution in [1.82, 2.24) is 4.98 Å². The summed E-state index contributed by atoms with van der Waals surface area (Å²) in [4.78, 5) is 13.5. The lowest BCUT2D eigenvalue weighted by Crippen LogP contribution is -1.90. The fraction of sp³-hybridized carbons (Fsp3) is 0.143. The van der Waals surface area contributed by atoms with Crippen LogP contribution >= 0.6 is 0 Å². The SMILES string of the molecule is Cc1cc(C=O)cnc1F. The fourth-order valence-electron chi connectivity index (χ4n) is 0.644. The number of carbonyl (C=O) groups is 1. The second-order valence-electron chi connectivity index (χ2n) is 1.99. The van der Waals surface area contributed by atoms with E-state index in [0.29, 0.717) is 17.4 Å². The molecule has 3 heteroatoms. The van der Waals surface area contributed by atoms with Crippen molar-refractivity contribution >= 4 is 6.29 Å². The molecule has 1 aromatic rings. The highest BCUT2D eigenvalue weighted by atomic mass is 19.1. The minimum atomic E-state index is -0.523. The van der Waals surface area contributed by atoms with Crippen molar-refractivity contribution in [2.45, 2.75) is 6.92 Å². The molecule has 1 aromatic heterocycles. The molecular weight excluding hydrogens is 133 g/mol. The first-order valence-corrected chi connectivity index (χ1v) is 2.81. The zero-order valence-corrected chi connectivity index (χ0v) is 5.47. The van der Waals surface area contributed by atoms with Gasteiger partial charge in [-0.2, -0.15) is 4.39 Å². The summed E-state index contributed by atoms with van der Waals surface area (Å²) in [5.41, 5.74) is 0.795. The number of pyridine rings is 1. The van der Waals surface area contributed by atoms with Crippen molar-refractivity contribution in [3.63, 3.8) is 0 Å². The molecule has 0 atom stereocenters. The van der Waals surface area contributed by atoms with Gasteiger partial charge in [-0.25, -0.2) is 4.98 Å². The molecule has 0 amide bonds. The first kappa shape index (κ1) is 6.86. The van der Waals surface area contributed by atoms with Gasteiger partial charge >= 0.3 is 0 Å². The molecule has 1 rings (SSSR count). The van der Waals surface area contributed by atoms with Crippen LogP contribution in [-0.2, 0) is 0 Å². The Labute approximate surface area is 57.7 Å². The number of aldehydes is 1. The normalized spacial score (nSPS) is 9.40. The Balaban J connectivity index is 3.16. The summed E-state index contributed by atoms with van der Waals surface area (Å²) in [6.07, 6.45) is 1.84. The number of aryl methyl sites for hydroxylation is 1. The van der Waals surface area contributed by atoms with Crippen molar-refractivity contribution in [2.75, 3.05) is 0 Å². The highest BCUT2D eigenvalue weighted by Crippen LogP contribution is 2.02. The summed E-state index contributed by atoms with van der Waals surface area (Å²) in [6.45, 7) is 1.56. The molecule has 0 radical (unpaired) electrons. The molecule has 0 unspecified atom stereocenters. The topological polar surface area (TPSA) is 30.0 Å². The van der Waals surface area contributed by atoms with Gasteiger partial charge in [-0.3, -0.25) is 4.79 Å². The van der Waals surface area contributed by atoms with Crippen LogP contribution in [0.25, 0.3) is 0 Å². The van der Waals surface area contributed by atoms with E-state index in [1.807, 2.05) is 0 Å². The molecule has 0 aromatic carbocycles. The van der Waals surface area contributed by atoms with Crippen LogP contribution in [-0.4, -0.2) is 11.3 Å². The molecule has 0 aliphatic heterocycles. The molecule has 0 bridgehead atoms. The van der Waals surface area contributed by atoms with E-state index in [2.05, 4.69) is 4.98 Å². The van der Waals surface area contributed by atoms with Crippen LogP contribution in [0.3, 0.4) is 0 Å². The smallest absolute Gasteiger partial charge is 0.215 e. The van der Waals surface area contributed by atoms with Crippen LogP contribution in [0, 0.1) is 12.9 Å².